The lowest BCUT2D eigenvalue weighted by Crippen LogP contribution is -2.43. The predicted molar refractivity (Wildman–Crippen MR) is 114 cm³/mol. The van der Waals surface area contributed by atoms with Gasteiger partial charge in [0.25, 0.3) is 0 Å². The maximum Gasteiger partial charge on any atom is 0.410 e. The number of hydrogen-bond donors (Lipinski definition) is 0. The van der Waals surface area contributed by atoms with Crippen LogP contribution < -0.4 is 0 Å². The Kier molecular flexibility index (Phi) is 7.16. The lowest BCUT2D eigenvalue weighted by atomic mass is 9.92. The Hall–Kier alpha value is -2.57. The first-order chi connectivity index (χ1) is 13.8. The molecule has 1 aliphatic rings. The van der Waals surface area contributed by atoms with Crippen LogP contribution in [0.3, 0.4) is 0 Å². The molecule has 0 spiro atoms. The van der Waals surface area contributed by atoms with Gasteiger partial charge in [-0.25, -0.2) is 4.79 Å². The highest BCUT2D eigenvalue weighted by molar-refractivity contribution is 5.85. The lowest BCUT2D eigenvalue weighted by molar-refractivity contribution is -0.150. The number of ether oxygens (including phenoxy) is 2. The standard InChI is InChI=1S/C23H34N2O5/c1-22(2,3)20(27)25(15-19(26)29-7)13-17-10-8-9-16-11-12-24(14-18(16)17)21(28)30-23(4,5)6/h8-10H,11-15H2,1-7H3. The van der Waals surface area contributed by atoms with Crippen molar-refractivity contribution in [1.29, 1.82) is 0 Å². The molecule has 2 amide bonds. The average molecular weight is 419 g/mol. The molecule has 0 atom stereocenters. The molecule has 0 unspecified atom stereocenters. The van der Waals surface area contributed by atoms with E-state index in [1.54, 1.807) is 4.90 Å². The van der Waals surface area contributed by atoms with Gasteiger partial charge in [-0.15, -0.1) is 0 Å². The molecule has 1 aromatic carbocycles. The molecule has 166 valence electrons. The number of hydrogen-bond acceptors (Lipinski definition) is 5. The molecule has 1 aromatic rings. The maximum atomic E-state index is 13.0. The van der Waals surface area contributed by atoms with Crippen molar-refractivity contribution in [2.45, 2.75) is 66.7 Å². The molecule has 30 heavy (non-hydrogen) atoms. The molecule has 2 rings (SSSR count). The number of methoxy groups -OCH3 is 1. The first kappa shape index (κ1) is 23.7. The fraction of sp³-hybridized carbons (Fsp3) is 0.609. The van der Waals surface area contributed by atoms with Crippen molar-refractivity contribution < 1.29 is 23.9 Å². The van der Waals surface area contributed by atoms with Crippen molar-refractivity contribution in [3.05, 3.63) is 34.9 Å². The van der Waals surface area contributed by atoms with Crippen LogP contribution in [0, 0.1) is 5.41 Å². The Morgan fingerprint density at radius 3 is 2.33 bits per heavy atom. The molecule has 0 N–H and O–H groups in total. The van der Waals surface area contributed by atoms with Crippen LogP contribution in [-0.2, 0) is 38.6 Å². The van der Waals surface area contributed by atoms with Crippen LogP contribution in [-0.4, -0.2) is 53.6 Å². The zero-order valence-corrected chi connectivity index (χ0v) is 19.2. The van der Waals surface area contributed by atoms with Crippen molar-refractivity contribution in [3.8, 4) is 0 Å². The number of carbonyl (C=O) groups is 3. The fourth-order valence-electron chi connectivity index (χ4n) is 3.38. The van der Waals surface area contributed by atoms with Gasteiger partial charge in [-0.2, -0.15) is 0 Å². The van der Waals surface area contributed by atoms with Crippen LogP contribution in [0.4, 0.5) is 4.79 Å². The molecule has 0 bridgehead atoms. The largest absolute Gasteiger partial charge is 0.468 e. The van der Waals surface area contributed by atoms with Crippen LogP contribution >= 0.6 is 0 Å². The number of rotatable bonds is 4. The van der Waals surface area contributed by atoms with E-state index in [0.717, 1.165) is 16.7 Å². The van der Waals surface area contributed by atoms with Crippen LogP contribution in [0.25, 0.3) is 0 Å². The molecule has 0 saturated carbocycles. The summed E-state index contributed by atoms with van der Waals surface area (Å²) in [6.45, 7) is 12.2. The van der Waals surface area contributed by atoms with Crippen LogP contribution in [0.2, 0.25) is 0 Å². The van der Waals surface area contributed by atoms with Gasteiger partial charge < -0.3 is 19.3 Å². The Balaban J connectivity index is 2.29. The van der Waals surface area contributed by atoms with E-state index in [2.05, 4.69) is 0 Å². The number of nitrogens with zero attached hydrogens (tertiary/aromatic N) is 2. The van der Waals surface area contributed by atoms with Gasteiger partial charge in [0.2, 0.25) is 5.91 Å². The van der Waals surface area contributed by atoms with Crippen molar-refractivity contribution >= 4 is 18.0 Å². The second-order valence-electron chi connectivity index (χ2n) is 9.69. The highest BCUT2D eigenvalue weighted by atomic mass is 16.6. The minimum Gasteiger partial charge on any atom is -0.468 e. The third kappa shape index (κ3) is 6.21. The molecule has 0 aromatic heterocycles. The average Bonchev–Trinajstić information content (AvgIpc) is 2.64. The van der Waals surface area contributed by atoms with Crippen LogP contribution in [0.5, 0.6) is 0 Å². The molecule has 7 heteroatoms. The SMILES string of the molecule is COC(=O)CN(Cc1cccc2c1CN(C(=O)OC(C)(C)C)CC2)C(=O)C(C)(C)C. The molecule has 7 nitrogen and oxygen atoms in total. The molecule has 0 fully saturated rings. The molecule has 0 saturated heterocycles. The van der Waals surface area contributed by atoms with E-state index in [9.17, 15) is 14.4 Å². The summed E-state index contributed by atoms with van der Waals surface area (Å²) in [5, 5.41) is 0. The van der Waals surface area contributed by atoms with E-state index in [1.165, 1.54) is 12.0 Å². The fourth-order valence-corrected chi connectivity index (χ4v) is 3.38. The van der Waals surface area contributed by atoms with E-state index < -0.39 is 17.0 Å². The first-order valence-corrected chi connectivity index (χ1v) is 10.3. The van der Waals surface area contributed by atoms with Crippen molar-refractivity contribution in [3.63, 3.8) is 0 Å². The summed E-state index contributed by atoms with van der Waals surface area (Å²) in [5.74, 6) is -0.599. The Labute approximate surface area is 179 Å². The van der Waals surface area contributed by atoms with Crippen molar-refractivity contribution in [2.24, 2.45) is 5.41 Å². The minimum absolute atomic E-state index is 0.119. The van der Waals surface area contributed by atoms with Gasteiger partial charge in [-0.05, 0) is 43.9 Å². The van der Waals surface area contributed by atoms with E-state index in [1.807, 2.05) is 59.7 Å². The van der Waals surface area contributed by atoms with Crippen LogP contribution in [0.15, 0.2) is 18.2 Å². The predicted octanol–water partition coefficient (Wildman–Crippen LogP) is 3.53. The second-order valence-corrected chi connectivity index (χ2v) is 9.69. The van der Waals surface area contributed by atoms with Gasteiger partial charge in [0, 0.05) is 25.0 Å². The van der Waals surface area contributed by atoms with Gasteiger partial charge in [0.1, 0.15) is 12.1 Å². The van der Waals surface area contributed by atoms with Gasteiger partial charge in [-0.1, -0.05) is 39.0 Å². The summed E-state index contributed by atoms with van der Waals surface area (Å²) >= 11 is 0. The Morgan fingerprint density at radius 1 is 1.10 bits per heavy atom. The van der Waals surface area contributed by atoms with Crippen molar-refractivity contribution in [1.82, 2.24) is 9.80 Å². The molecule has 0 radical (unpaired) electrons. The summed E-state index contributed by atoms with van der Waals surface area (Å²) in [4.78, 5) is 40.6. The van der Waals surface area contributed by atoms with Gasteiger partial charge in [0.15, 0.2) is 0 Å². The van der Waals surface area contributed by atoms with E-state index in [0.29, 0.717) is 19.5 Å². The van der Waals surface area contributed by atoms with E-state index in [-0.39, 0.29) is 25.1 Å². The summed E-state index contributed by atoms with van der Waals surface area (Å²) in [7, 11) is 1.31. The highest BCUT2D eigenvalue weighted by Gasteiger charge is 2.31. The number of amides is 2. The molecule has 1 aliphatic heterocycles. The molecule has 1 heterocycles. The number of benzene rings is 1. The minimum atomic E-state index is -0.634. The Bertz CT molecular complexity index is 805. The number of fused-ring (bicyclic) bond motifs is 1. The second kappa shape index (κ2) is 9.06. The third-order valence-electron chi connectivity index (χ3n) is 4.86. The quantitative estimate of drug-likeness (QED) is 0.699. The van der Waals surface area contributed by atoms with Crippen molar-refractivity contribution in [2.75, 3.05) is 20.2 Å². The van der Waals surface area contributed by atoms with Gasteiger partial charge >= 0.3 is 12.1 Å². The summed E-state index contributed by atoms with van der Waals surface area (Å²) in [6, 6.07) is 5.94. The number of carbonyl (C=O) groups excluding carboxylic acids is 3. The summed E-state index contributed by atoms with van der Waals surface area (Å²) in [5.41, 5.74) is 1.88. The van der Waals surface area contributed by atoms with Gasteiger partial charge in [0.05, 0.1) is 7.11 Å². The highest BCUT2D eigenvalue weighted by Crippen LogP contribution is 2.27. The molecule has 0 aliphatic carbocycles. The van der Waals surface area contributed by atoms with E-state index >= 15 is 0 Å². The summed E-state index contributed by atoms with van der Waals surface area (Å²) in [6.07, 6.45) is 0.368. The zero-order valence-electron chi connectivity index (χ0n) is 19.2. The zero-order chi connectivity index (χ0) is 22.7. The first-order valence-electron chi connectivity index (χ1n) is 10.3. The molecular formula is C23H34N2O5. The Morgan fingerprint density at radius 2 is 1.77 bits per heavy atom. The summed E-state index contributed by atoms with van der Waals surface area (Å²) < 4.78 is 10.3. The lowest BCUT2D eigenvalue weighted by Gasteiger charge is -2.34. The topological polar surface area (TPSA) is 76.2 Å². The molecular weight excluding hydrogens is 384 g/mol. The maximum absolute atomic E-state index is 13.0. The van der Waals surface area contributed by atoms with E-state index in [4.69, 9.17) is 9.47 Å². The smallest absolute Gasteiger partial charge is 0.410 e. The third-order valence-corrected chi connectivity index (χ3v) is 4.86. The van der Waals surface area contributed by atoms with Gasteiger partial charge in [-0.3, -0.25) is 9.59 Å². The van der Waals surface area contributed by atoms with Crippen LogP contribution in [0.1, 0.15) is 58.2 Å². The number of esters is 1. The normalized spacial score (nSPS) is 14.0. The monoisotopic (exact) mass is 418 g/mol.